The van der Waals surface area contributed by atoms with Gasteiger partial charge in [-0.2, -0.15) is 5.26 Å². The zero-order valence-electron chi connectivity index (χ0n) is 13.3. The van der Waals surface area contributed by atoms with E-state index in [1.54, 1.807) is 12.1 Å². The van der Waals surface area contributed by atoms with Gasteiger partial charge in [-0.25, -0.2) is 4.79 Å². The van der Waals surface area contributed by atoms with Gasteiger partial charge in [0.25, 0.3) is 5.91 Å². The molecule has 0 radical (unpaired) electrons. The molecule has 0 aromatic heterocycles. The molecule has 6 nitrogen and oxygen atoms in total. The molecule has 2 rings (SSSR count). The van der Waals surface area contributed by atoms with Gasteiger partial charge >= 0.3 is 5.97 Å². The maximum Gasteiger partial charge on any atom is 0.338 e. The normalized spacial score (nSPS) is 11.3. The monoisotopic (exact) mass is 358 g/mol. The molecule has 128 valence electrons. The molecule has 0 aliphatic carbocycles. The Hall–Kier alpha value is -2.88. The predicted molar refractivity (Wildman–Crippen MR) is 92.0 cm³/mol. The van der Waals surface area contributed by atoms with Crippen LogP contribution in [0.2, 0.25) is 5.02 Å². The van der Waals surface area contributed by atoms with Gasteiger partial charge in [0.1, 0.15) is 6.07 Å². The lowest BCUT2D eigenvalue weighted by Gasteiger charge is -2.14. The highest BCUT2D eigenvalue weighted by Crippen LogP contribution is 2.20. The number of rotatable bonds is 5. The Morgan fingerprint density at radius 3 is 2.52 bits per heavy atom. The van der Waals surface area contributed by atoms with Crippen LogP contribution in [0, 0.1) is 11.3 Å². The molecule has 0 saturated heterocycles. The summed E-state index contributed by atoms with van der Waals surface area (Å²) in [5.74, 6) is -1.17. The number of anilines is 1. The minimum Gasteiger partial charge on any atom is -0.449 e. The molecule has 0 heterocycles. The number of aliphatic hydroxyl groups excluding tert-OH is 1. The number of carbonyl (C=O) groups is 2. The van der Waals surface area contributed by atoms with Crippen LogP contribution in [-0.2, 0) is 16.1 Å². The zero-order chi connectivity index (χ0) is 18.4. The highest BCUT2D eigenvalue weighted by Gasteiger charge is 2.19. The Morgan fingerprint density at radius 2 is 1.96 bits per heavy atom. The summed E-state index contributed by atoms with van der Waals surface area (Å²) < 4.78 is 5.12. The molecule has 0 unspecified atom stereocenters. The first-order valence-electron chi connectivity index (χ1n) is 7.36. The fourth-order valence-corrected chi connectivity index (χ4v) is 2.18. The van der Waals surface area contributed by atoms with Crippen molar-refractivity contribution < 1.29 is 19.4 Å². The van der Waals surface area contributed by atoms with E-state index >= 15 is 0 Å². The van der Waals surface area contributed by atoms with Gasteiger partial charge in [0.15, 0.2) is 6.10 Å². The van der Waals surface area contributed by atoms with Crippen LogP contribution in [0.5, 0.6) is 0 Å². The van der Waals surface area contributed by atoms with Crippen LogP contribution in [-0.4, -0.2) is 23.1 Å². The summed E-state index contributed by atoms with van der Waals surface area (Å²) in [7, 11) is 0. The molecule has 7 heteroatoms. The van der Waals surface area contributed by atoms with E-state index in [2.05, 4.69) is 5.32 Å². The lowest BCUT2D eigenvalue weighted by molar-refractivity contribution is -0.123. The number of nitrogens with zero attached hydrogens (tertiary/aromatic N) is 1. The zero-order valence-corrected chi connectivity index (χ0v) is 14.1. The fourth-order valence-electron chi connectivity index (χ4n) is 1.96. The van der Waals surface area contributed by atoms with Crippen molar-refractivity contribution in [3.63, 3.8) is 0 Å². The number of benzene rings is 2. The van der Waals surface area contributed by atoms with Crippen molar-refractivity contribution in [2.45, 2.75) is 19.6 Å². The Balaban J connectivity index is 1.98. The molecular weight excluding hydrogens is 344 g/mol. The van der Waals surface area contributed by atoms with Gasteiger partial charge < -0.3 is 15.2 Å². The number of carbonyl (C=O) groups excluding carboxylic acids is 2. The van der Waals surface area contributed by atoms with Gasteiger partial charge in [-0.05, 0) is 42.8 Å². The third kappa shape index (κ3) is 4.80. The first-order valence-corrected chi connectivity index (χ1v) is 7.73. The van der Waals surface area contributed by atoms with Crippen molar-refractivity contribution in [2.24, 2.45) is 0 Å². The third-order valence-electron chi connectivity index (χ3n) is 3.38. The SMILES string of the molecule is C[C@@H](OC(=O)c1ccc(CO)cc1)C(=O)Nc1ccc(C#N)c(Cl)c1. The average Bonchev–Trinajstić information content (AvgIpc) is 2.61. The number of esters is 1. The minimum atomic E-state index is -1.03. The van der Waals surface area contributed by atoms with Gasteiger partial charge in [0.2, 0.25) is 0 Å². The van der Waals surface area contributed by atoms with Gasteiger partial charge in [-0.15, -0.1) is 0 Å². The smallest absolute Gasteiger partial charge is 0.338 e. The molecule has 1 atom stereocenters. The first-order chi connectivity index (χ1) is 11.9. The summed E-state index contributed by atoms with van der Waals surface area (Å²) in [5, 5.41) is 20.6. The number of ether oxygens (including phenoxy) is 1. The van der Waals surface area contributed by atoms with Crippen LogP contribution in [0.25, 0.3) is 0 Å². The van der Waals surface area contributed by atoms with Gasteiger partial charge in [0, 0.05) is 5.69 Å². The number of aliphatic hydroxyl groups is 1. The van der Waals surface area contributed by atoms with E-state index in [0.29, 0.717) is 16.8 Å². The molecule has 25 heavy (non-hydrogen) atoms. The number of nitriles is 1. The maximum absolute atomic E-state index is 12.1. The molecule has 1 amide bonds. The lowest BCUT2D eigenvalue weighted by atomic mass is 10.1. The Kier molecular flexibility index (Phi) is 6.12. The molecule has 0 saturated carbocycles. The van der Waals surface area contributed by atoms with Gasteiger partial charge in [-0.3, -0.25) is 4.79 Å². The van der Waals surface area contributed by atoms with Crippen molar-refractivity contribution in [3.8, 4) is 6.07 Å². The molecule has 0 aliphatic heterocycles. The Labute approximate surface area is 149 Å². The molecule has 0 aliphatic rings. The third-order valence-corrected chi connectivity index (χ3v) is 3.70. The van der Waals surface area contributed by atoms with E-state index in [1.807, 2.05) is 6.07 Å². The predicted octanol–water partition coefficient (Wildman–Crippen LogP) is 2.89. The lowest BCUT2D eigenvalue weighted by Crippen LogP contribution is -2.30. The Morgan fingerprint density at radius 1 is 1.28 bits per heavy atom. The molecular formula is C18H15ClN2O4. The van der Waals surface area contributed by atoms with Crippen LogP contribution in [0.15, 0.2) is 42.5 Å². The molecule has 0 bridgehead atoms. The number of hydrogen-bond donors (Lipinski definition) is 2. The summed E-state index contributed by atoms with van der Waals surface area (Å²) in [5.41, 5.74) is 1.63. The van der Waals surface area contributed by atoms with E-state index in [1.165, 1.54) is 37.3 Å². The van der Waals surface area contributed by atoms with E-state index in [9.17, 15) is 9.59 Å². The first kappa shape index (κ1) is 18.5. The second-order valence-corrected chi connectivity index (χ2v) is 5.61. The largest absolute Gasteiger partial charge is 0.449 e. The molecule has 2 N–H and O–H groups in total. The van der Waals surface area contributed by atoms with Crippen LogP contribution in [0.1, 0.15) is 28.4 Å². The highest BCUT2D eigenvalue weighted by molar-refractivity contribution is 6.32. The molecule has 0 fully saturated rings. The summed E-state index contributed by atoms with van der Waals surface area (Å²) in [6.07, 6.45) is -1.03. The standard InChI is InChI=1S/C18H15ClN2O4/c1-11(25-18(24)13-4-2-12(10-22)3-5-13)17(23)21-15-7-6-14(9-20)16(19)8-15/h2-8,11,22H,10H2,1H3,(H,21,23)/t11-/m1/s1. The maximum atomic E-state index is 12.1. The summed E-state index contributed by atoms with van der Waals surface area (Å²) in [6.45, 7) is 1.32. The van der Waals surface area contributed by atoms with Crippen LogP contribution in [0.4, 0.5) is 5.69 Å². The van der Waals surface area contributed by atoms with E-state index in [4.69, 9.17) is 26.7 Å². The van der Waals surface area contributed by atoms with E-state index < -0.39 is 18.0 Å². The van der Waals surface area contributed by atoms with E-state index in [-0.39, 0.29) is 17.2 Å². The van der Waals surface area contributed by atoms with Crippen molar-refractivity contribution in [2.75, 3.05) is 5.32 Å². The van der Waals surface area contributed by atoms with Crippen molar-refractivity contribution in [1.29, 1.82) is 5.26 Å². The quantitative estimate of drug-likeness (QED) is 0.800. The second-order valence-electron chi connectivity index (χ2n) is 5.20. The van der Waals surface area contributed by atoms with Gasteiger partial charge in [-0.1, -0.05) is 23.7 Å². The summed E-state index contributed by atoms with van der Waals surface area (Å²) in [4.78, 5) is 24.1. The van der Waals surface area contributed by atoms with Crippen LogP contribution < -0.4 is 5.32 Å². The second kappa shape index (κ2) is 8.29. The van der Waals surface area contributed by atoms with Crippen molar-refractivity contribution in [1.82, 2.24) is 0 Å². The Bertz CT molecular complexity index is 828. The molecule has 0 spiro atoms. The number of halogens is 1. The molecule has 2 aromatic carbocycles. The highest BCUT2D eigenvalue weighted by atomic mass is 35.5. The average molecular weight is 359 g/mol. The van der Waals surface area contributed by atoms with E-state index in [0.717, 1.165) is 0 Å². The number of nitrogens with one attached hydrogen (secondary N) is 1. The minimum absolute atomic E-state index is 0.124. The van der Waals surface area contributed by atoms with Gasteiger partial charge in [0.05, 0.1) is 22.8 Å². The molecule has 2 aromatic rings. The number of amides is 1. The van der Waals surface area contributed by atoms with Crippen molar-refractivity contribution in [3.05, 3.63) is 64.2 Å². The van der Waals surface area contributed by atoms with Crippen LogP contribution in [0.3, 0.4) is 0 Å². The number of hydrogen-bond acceptors (Lipinski definition) is 5. The fraction of sp³-hybridized carbons (Fsp3) is 0.167. The summed E-state index contributed by atoms with van der Waals surface area (Å²) in [6, 6.07) is 12.6. The summed E-state index contributed by atoms with van der Waals surface area (Å²) >= 11 is 5.90. The topological polar surface area (TPSA) is 99.4 Å². The van der Waals surface area contributed by atoms with Crippen molar-refractivity contribution >= 4 is 29.2 Å². The van der Waals surface area contributed by atoms with Crippen LogP contribution >= 0.6 is 11.6 Å².